The summed E-state index contributed by atoms with van der Waals surface area (Å²) in [6.07, 6.45) is 9.54. The first-order valence-electron chi connectivity index (χ1n) is 9.63. The number of nitrogens with one attached hydrogen (secondary N) is 1. The van der Waals surface area contributed by atoms with Gasteiger partial charge in [-0.3, -0.25) is 4.90 Å². The van der Waals surface area contributed by atoms with Crippen LogP contribution in [0.15, 0.2) is 12.2 Å². The summed E-state index contributed by atoms with van der Waals surface area (Å²) in [6, 6.07) is 0. The lowest BCUT2D eigenvalue weighted by Gasteiger charge is -2.32. The molecule has 0 aromatic carbocycles. The van der Waals surface area contributed by atoms with E-state index in [1.807, 2.05) is 0 Å². The van der Waals surface area contributed by atoms with Crippen LogP contribution in [0.3, 0.4) is 0 Å². The van der Waals surface area contributed by atoms with E-state index in [0.717, 1.165) is 63.5 Å². The summed E-state index contributed by atoms with van der Waals surface area (Å²) in [5.41, 5.74) is 0. The predicted molar refractivity (Wildman–Crippen MR) is 105 cm³/mol. The third kappa shape index (κ3) is 7.49. The minimum Gasteiger partial charge on any atom is -0.379 e. The fourth-order valence-electron chi connectivity index (χ4n) is 3.32. The van der Waals surface area contributed by atoms with E-state index in [1.54, 1.807) is 0 Å². The zero-order valence-corrected chi connectivity index (χ0v) is 16.3. The van der Waals surface area contributed by atoms with Crippen molar-refractivity contribution in [2.45, 2.75) is 39.5 Å². The maximum Gasteiger partial charge on any atom is 0.168 e. The summed E-state index contributed by atoms with van der Waals surface area (Å²) in [6.45, 7) is 12.6. The van der Waals surface area contributed by atoms with Crippen LogP contribution in [0.4, 0.5) is 0 Å². The predicted octanol–water partition coefficient (Wildman–Crippen LogP) is 2.90. The monoisotopic (exact) mass is 353 g/mol. The van der Waals surface area contributed by atoms with Crippen molar-refractivity contribution in [1.82, 2.24) is 15.1 Å². The topological polar surface area (TPSA) is 27.7 Å². The third-order valence-corrected chi connectivity index (χ3v) is 5.21. The van der Waals surface area contributed by atoms with Crippen LogP contribution >= 0.6 is 12.2 Å². The second-order valence-electron chi connectivity index (χ2n) is 7.48. The maximum atomic E-state index is 5.70. The highest BCUT2D eigenvalue weighted by Crippen LogP contribution is 2.19. The molecule has 1 atom stereocenters. The highest BCUT2D eigenvalue weighted by molar-refractivity contribution is 7.80. The Morgan fingerprint density at radius 2 is 2.12 bits per heavy atom. The number of hydrogen-bond acceptors (Lipinski definition) is 3. The lowest BCUT2D eigenvalue weighted by Crippen LogP contribution is -2.45. The Morgan fingerprint density at radius 3 is 2.79 bits per heavy atom. The van der Waals surface area contributed by atoms with Gasteiger partial charge in [-0.1, -0.05) is 26.0 Å². The second kappa shape index (κ2) is 11.1. The van der Waals surface area contributed by atoms with Crippen molar-refractivity contribution in [2.75, 3.05) is 52.5 Å². The number of nitrogens with zero attached hydrogens (tertiary/aromatic N) is 2. The SMILES string of the molecule is CC(C)CNC(=S)N(CCCN1CCOCC1)CC1CC=CCC1. The highest BCUT2D eigenvalue weighted by atomic mass is 32.1. The summed E-state index contributed by atoms with van der Waals surface area (Å²) in [5, 5.41) is 4.41. The van der Waals surface area contributed by atoms with Gasteiger partial charge in [-0.05, 0) is 49.7 Å². The van der Waals surface area contributed by atoms with Crippen LogP contribution in [0, 0.1) is 11.8 Å². The van der Waals surface area contributed by atoms with Crippen molar-refractivity contribution >= 4 is 17.3 Å². The number of hydrogen-bond donors (Lipinski definition) is 1. The summed E-state index contributed by atoms with van der Waals surface area (Å²) in [4.78, 5) is 4.93. The third-order valence-electron chi connectivity index (χ3n) is 4.81. The quantitative estimate of drug-likeness (QED) is 0.535. The van der Waals surface area contributed by atoms with Gasteiger partial charge in [0.05, 0.1) is 13.2 Å². The zero-order chi connectivity index (χ0) is 17.2. The van der Waals surface area contributed by atoms with Gasteiger partial charge < -0.3 is 15.0 Å². The van der Waals surface area contributed by atoms with E-state index in [1.165, 1.54) is 25.7 Å². The van der Waals surface area contributed by atoms with Crippen molar-refractivity contribution in [2.24, 2.45) is 11.8 Å². The average molecular weight is 354 g/mol. The van der Waals surface area contributed by atoms with E-state index in [0.29, 0.717) is 5.92 Å². The Kier molecular flexibility index (Phi) is 9.07. The molecule has 24 heavy (non-hydrogen) atoms. The summed E-state index contributed by atoms with van der Waals surface area (Å²) in [7, 11) is 0. The number of morpholine rings is 1. The number of rotatable bonds is 8. The van der Waals surface area contributed by atoms with Crippen molar-refractivity contribution in [3.05, 3.63) is 12.2 Å². The van der Waals surface area contributed by atoms with E-state index in [9.17, 15) is 0 Å². The fraction of sp³-hybridized carbons (Fsp3) is 0.842. The Labute approximate surface area is 153 Å². The molecule has 0 aromatic heterocycles. The molecule has 5 heteroatoms. The molecular formula is C19H35N3OS. The van der Waals surface area contributed by atoms with Gasteiger partial charge in [-0.25, -0.2) is 0 Å². The molecule has 1 fully saturated rings. The molecule has 1 saturated heterocycles. The smallest absolute Gasteiger partial charge is 0.168 e. The molecule has 0 bridgehead atoms. The van der Waals surface area contributed by atoms with E-state index >= 15 is 0 Å². The lowest BCUT2D eigenvalue weighted by atomic mass is 9.94. The Morgan fingerprint density at radius 1 is 1.33 bits per heavy atom. The average Bonchev–Trinajstić information content (AvgIpc) is 2.60. The summed E-state index contributed by atoms with van der Waals surface area (Å²) in [5.74, 6) is 1.37. The van der Waals surface area contributed by atoms with Crippen LogP contribution in [0.25, 0.3) is 0 Å². The van der Waals surface area contributed by atoms with Crippen LogP contribution < -0.4 is 5.32 Å². The lowest BCUT2D eigenvalue weighted by molar-refractivity contribution is 0.0367. The molecule has 0 saturated carbocycles. The summed E-state index contributed by atoms with van der Waals surface area (Å²) < 4.78 is 5.43. The summed E-state index contributed by atoms with van der Waals surface area (Å²) >= 11 is 5.70. The first-order chi connectivity index (χ1) is 11.6. The van der Waals surface area contributed by atoms with Gasteiger partial charge in [-0.15, -0.1) is 0 Å². The first kappa shape index (κ1) is 19.7. The van der Waals surface area contributed by atoms with Crippen LogP contribution in [0.2, 0.25) is 0 Å². The molecule has 2 aliphatic rings. The molecule has 1 aliphatic heterocycles. The minimum atomic E-state index is 0.621. The molecule has 1 unspecified atom stereocenters. The fourth-order valence-corrected chi connectivity index (χ4v) is 3.57. The van der Waals surface area contributed by atoms with Gasteiger partial charge in [0.15, 0.2) is 5.11 Å². The molecule has 1 N–H and O–H groups in total. The van der Waals surface area contributed by atoms with Gasteiger partial charge in [0.25, 0.3) is 0 Å². The molecule has 138 valence electrons. The molecule has 0 amide bonds. The van der Waals surface area contributed by atoms with E-state index in [-0.39, 0.29) is 0 Å². The van der Waals surface area contributed by atoms with Gasteiger partial charge in [-0.2, -0.15) is 0 Å². The molecule has 0 aromatic rings. The first-order valence-corrected chi connectivity index (χ1v) is 10.0. The van der Waals surface area contributed by atoms with Crippen molar-refractivity contribution < 1.29 is 4.74 Å². The number of allylic oxidation sites excluding steroid dienone is 2. The standard InChI is InChI=1S/C19H35N3OS/c1-17(2)15-20-19(24)22(16-18-7-4-3-5-8-18)10-6-9-21-11-13-23-14-12-21/h3-4,17-18H,5-16H2,1-2H3,(H,20,24). The molecule has 1 heterocycles. The molecular weight excluding hydrogens is 318 g/mol. The molecule has 0 spiro atoms. The van der Waals surface area contributed by atoms with Crippen LogP contribution in [0.1, 0.15) is 39.5 Å². The maximum absolute atomic E-state index is 5.70. The Balaban J connectivity index is 1.78. The van der Waals surface area contributed by atoms with E-state index < -0.39 is 0 Å². The Bertz CT molecular complexity index is 394. The highest BCUT2D eigenvalue weighted by Gasteiger charge is 2.18. The molecule has 1 aliphatic carbocycles. The van der Waals surface area contributed by atoms with Crippen molar-refractivity contribution in [3.8, 4) is 0 Å². The van der Waals surface area contributed by atoms with E-state index in [4.69, 9.17) is 17.0 Å². The zero-order valence-electron chi connectivity index (χ0n) is 15.5. The van der Waals surface area contributed by atoms with Crippen LogP contribution in [-0.2, 0) is 4.74 Å². The molecule has 4 nitrogen and oxygen atoms in total. The van der Waals surface area contributed by atoms with Crippen LogP contribution in [-0.4, -0.2) is 67.4 Å². The van der Waals surface area contributed by atoms with Gasteiger partial charge in [0.2, 0.25) is 0 Å². The van der Waals surface area contributed by atoms with Crippen molar-refractivity contribution in [1.29, 1.82) is 0 Å². The normalized spacial score (nSPS) is 21.9. The van der Waals surface area contributed by atoms with Crippen molar-refractivity contribution in [3.63, 3.8) is 0 Å². The largest absolute Gasteiger partial charge is 0.379 e. The number of thiocarbonyl (C=S) groups is 1. The van der Waals surface area contributed by atoms with Gasteiger partial charge in [0.1, 0.15) is 0 Å². The second-order valence-corrected chi connectivity index (χ2v) is 7.87. The Hall–Kier alpha value is -0.650. The molecule has 2 rings (SSSR count). The van der Waals surface area contributed by atoms with Crippen LogP contribution in [0.5, 0.6) is 0 Å². The molecule has 0 radical (unpaired) electrons. The van der Waals surface area contributed by atoms with E-state index in [2.05, 4.69) is 41.1 Å². The van der Waals surface area contributed by atoms with Gasteiger partial charge in [0, 0.05) is 39.3 Å². The number of ether oxygens (including phenoxy) is 1. The minimum absolute atomic E-state index is 0.621. The van der Waals surface area contributed by atoms with Gasteiger partial charge >= 0.3 is 0 Å².